The van der Waals surface area contributed by atoms with Gasteiger partial charge in [-0.3, -0.25) is 9.55 Å². The van der Waals surface area contributed by atoms with Gasteiger partial charge >= 0.3 is 5.69 Å². The first-order valence-electron chi connectivity index (χ1n) is 9.40. The van der Waals surface area contributed by atoms with E-state index in [1.165, 1.54) is 0 Å². The molecule has 2 heterocycles. The van der Waals surface area contributed by atoms with Crippen LogP contribution in [0.3, 0.4) is 0 Å². The van der Waals surface area contributed by atoms with Crippen LogP contribution in [0.4, 0.5) is 0 Å². The van der Waals surface area contributed by atoms with E-state index < -0.39 is 0 Å². The van der Waals surface area contributed by atoms with Crippen molar-refractivity contribution in [3.63, 3.8) is 0 Å². The average molecular weight is 406 g/mol. The van der Waals surface area contributed by atoms with Crippen molar-refractivity contribution in [3.8, 4) is 28.5 Å². The van der Waals surface area contributed by atoms with E-state index in [1.807, 2.05) is 43.3 Å². The van der Waals surface area contributed by atoms with Crippen LogP contribution in [0.1, 0.15) is 18.5 Å². The second kappa shape index (κ2) is 7.90. The Morgan fingerprint density at radius 1 is 0.967 bits per heavy atom. The largest absolute Gasteiger partial charge is 0.493 e. The fraction of sp³-hybridized carbons (Fsp3) is 0.227. The molecule has 0 spiro atoms. The van der Waals surface area contributed by atoms with Crippen LogP contribution in [-0.2, 0) is 0 Å². The summed E-state index contributed by atoms with van der Waals surface area (Å²) in [6.45, 7) is 1.95. The van der Waals surface area contributed by atoms with Gasteiger partial charge in [0, 0.05) is 5.56 Å². The third-order valence-electron chi connectivity index (χ3n) is 5.08. The van der Waals surface area contributed by atoms with E-state index in [4.69, 9.17) is 19.2 Å². The van der Waals surface area contributed by atoms with Gasteiger partial charge in [-0.05, 0) is 24.6 Å². The van der Waals surface area contributed by atoms with Gasteiger partial charge in [0.15, 0.2) is 22.8 Å². The first-order valence-corrected chi connectivity index (χ1v) is 9.40. The van der Waals surface area contributed by atoms with Crippen molar-refractivity contribution in [2.75, 3.05) is 21.3 Å². The van der Waals surface area contributed by atoms with Gasteiger partial charge < -0.3 is 14.2 Å². The molecule has 8 heteroatoms. The normalized spacial score (nSPS) is 12.0. The minimum absolute atomic E-state index is 0.218. The van der Waals surface area contributed by atoms with Gasteiger partial charge in [-0.2, -0.15) is 0 Å². The highest BCUT2D eigenvalue weighted by atomic mass is 16.5. The smallest absolute Gasteiger partial charge is 0.329 e. The van der Waals surface area contributed by atoms with Crippen molar-refractivity contribution in [1.29, 1.82) is 0 Å². The van der Waals surface area contributed by atoms with Gasteiger partial charge in [-0.1, -0.05) is 30.3 Å². The SMILES string of the molecule is COc1ccc(-c2cnc3[nH]c(=O)n([C@@H](C)c4ccccc4)c3n2)c(OC)c1OC. The average Bonchev–Trinajstić information content (AvgIpc) is 3.12. The van der Waals surface area contributed by atoms with Gasteiger partial charge in [0.05, 0.1) is 39.3 Å². The molecule has 0 saturated carbocycles. The van der Waals surface area contributed by atoms with E-state index in [9.17, 15) is 4.79 Å². The van der Waals surface area contributed by atoms with Crippen LogP contribution >= 0.6 is 0 Å². The molecule has 0 radical (unpaired) electrons. The maximum Gasteiger partial charge on any atom is 0.329 e. The molecule has 0 amide bonds. The Morgan fingerprint density at radius 2 is 1.70 bits per heavy atom. The summed E-state index contributed by atoms with van der Waals surface area (Å²) >= 11 is 0. The van der Waals surface area contributed by atoms with Crippen molar-refractivity contribution < 1.29 is 14.2 Å². The van der Waals surface area contributed by atoms with Crippen molar-refractivity contribution >= 4 is 11.3 Å². The maximum absolute atomic E-state index is 12.7. The minimum Gasteiger partial charge on any atom is -0.493 e. The lowest BCUT2D eigenvalue weighted by atomic mass is 10.1. The molecule has 1 N–H and O–H groups in total. The number of hydrogen-bond donors (Lipinski definition) is 1. The Hall–Kier alpha value is -3.81. The Labute approximate surface area is 173 Å². The lowest BCUT2D eigenvalue weighted by Gasteiger charge is -2.16. The Morgan fingerprint density at radius 3 is 2.37 bits per heavy atom. The monoisotopic (exact) mass is 406 g/mol. The first kappa shape index (κ1) is 19.5. The lowest BCUT2D eigenvalue weighted by Crippen LogP contribution is -2.21. The minimum atomic E-state index is -0.266. The molecule has 154 valence electrons. The molecule has 0 aliphatic heterocycles. The van der Waals surface area contributed by atoms with Gasteiger partial charge in [0.1, 0.15) is 0 Å². The third-order valence-corrected chi connectivity index (χ3v) is 5.08. The van der Waals surface area contributed by atoms with E-state index >= 15 is 0 Å². The molecule has 8 nitrogen and oxygen atoms in total. The number of aromatic nitrogens is 4. The summed E-state index contributed by atoms with van der Waals surface area (Å²) in [5, 5.41) is 0. The molecule has 4 aromatic rings. The maximum atomic E-state index is 12.7. The topological polar surface area (TPSA) is 91.3 Å². The molecule has 2 aromatic heterocycles. The van der Waals surface area contributed by atoms with Gasteiger partial charge in [-0.15, -0.1) is 0 Å². The Bertz CT molecular complexity index is 1250. The molecular weight excluding hydrogens is 384 g/mol. The summed E-state index contributed by atoms with van der Waals surface area (Å²) in [4.78, 5) is 24.6. The molecule has 0 saturated heterocycles. The number of nitrogens with one attached hydrogen (secondary N) is 1. The highest BCUT2D eigenvalue weighted by Gasteiger charge is 2.21. The quantitative estimate of drug-likeness (QED) is 0.528. The second-order valence-electron chi connectivity index (χ2n) is 6.70. The van der Waals surface area contributed by atoms with Crippen molar-refractivity contribution in [2.45, 2.75) is 13.0 Å². The van der Waals surface area contributed by atoms with Gasteiger partial charge in [0.2, 0.25) is 5.75 Å². The van der Waals surface area contributed by atoms with Crippen LogP contribution in [0.25, 0.3) is 22.6 Å². The number of benzene rings is 2. The fourth-order valence-corrected chi connectivity index (χ4v) is 3.57. The summed E-state index contributed by atoms with van der Waals surface area (Å²) in [7, 11) is 4.66. The molecule has 0 fully saturated rings. The fourth-order valence-electron chi connectivity index (χ4n) is 3.57. The summed E-state index contributed by atoms with van der Waals surface area (Å²) in [5.74, 6) is 1.48. The van der Waals surface area contributed by atoms with Crippen LogP contribution in [0.2, 0.25) is 0 Å². The van der Waals surface area contributed by atoms with Crippen LogP contribution in [0, 0.1) is 0 Å². The van der Waals surface area contributed by atoms with Crippen LogP contribution < -0.4 is 19.9 Å². The summed E-state index contributed by atoms with van der Waals surface area (Å²) in [6.07, 6.45) is 1.60. The molecule has 2 aromatic carbocycles. The van der Waals surface area contributed by atoms with E-state index in [-0.39, 0.29) is 11.7 Å². The zero-order valence-corrected chi connectivity index (χ0v) is 17.2. The first-order chi connectivity index (χ1) is 14.6. The second-order valence-corrected chi connectivity index (χ2v) is 6.70. The predicted molar refractivity (Wildman–Crippen MR) is 113 cm³/mol. The highest BCUT2D eigenvalue weighted by Crippen LogP contribution is 2.43. The van der Waals surface area contributed by atoms with Crippen LogP contribution in [0.15, 0.2) is 53.5 Å². The van der Waals surface area contributed by atoms with E-state index in [0.717, 1.165) is 5.56 Å². The number of rotatable bonds is 6. The number of imidazole rings is 1. The molecule has 0 aliphatic carbocycles. The molecule has 0 aliphatic rings. The zero-order chi connectivity index (χ0) is 21.3. The van der Waals surface area contributed by atoms with Crippen molar-refractivity contribution in [3.05, 3.63) is 64.7 Å². The molecule has 30 heavy (non-hydrogen) atoms. The number of aromatic amines is 1. The molecular formula is C22H22N4O4. The summed E-state index contributed by atoms with van der Waals surface area (Å²) in [6, 6.07) is 13.2. The van der Waals surface area contributed by atoms with Gasteiger partial charge in [0.25, 0.3) is 0 Å². The number of nitrogens with zero attached hydrogens (tertiary/aromatic N) is 3. The molecule has 4 rings (SSSR count). The standard InChI is InChI=1S/C22H22N4O4/c1-13(14-8-6-5-7-9-14)26-21-20(25-22(26)27)23-12-16(24-21)15-10-11-17(28-2)19(30-4)18(15)29-3/h5-13H,1-4H3,(H,23,25,27)/t13-/m0/s1. The van der Waals surface area contributed by atoms with Crippen LogP contribution in [0.5, 0.6) is 17.2 Å². The van der Waals surface area contributed by atoms with Crippen molar-refractivity contribution in [1.82, 2.24) is 19.5 Å². The predicted octanol–water partition coefficient (Wildman–Crippen LogP) is 3.42. The molecule has 1 atom stereocenters. The van der Waals surface area contributed by atoms with Gasteiger partial charge in [-0.25, -0.2) is 14.8 Å². The number of methoxy groups -OCH3 is 3. The van der Waals surface area contributed by atoms with E-state index in [2.05, 4.69) is 9.97 Å². The number of hydrogen-bond acceptors (Lipinski definition) is 6. The van der Waals surface area contributed by atoms with E-state index in [1.54, 1.807) is 38.2 Å². The van der Waals surface area contributed by atoms with Crippen LogP contribution in [-0.4, -0.2) is 40.8 Å². The third kappa shape index (κ3) is 3.16. The van der Waals surface area contributed by atoms with E-state index in [0.29, 0.717) is 39.8 Å². The summed E-state index contributed by atoms with van der Waals surface area (Å²) < 4.78 is 18.0. The molecule has 0 bridgehead atoms. The van der Waals surface area contributed by atoms with Crippen molar-refractivity contribution in [2.24, 2.45) is 0 Å². The highest BCUT2D eigenvalue weighted by molar-refractivity contribution is 5.77. The Kier molecular flexibility index (Phi) is 5.14. The zero-order valence-electron chi connectivity index (χ0n) is 17.2. The number of H-pyrrole nitrogens is 1. The Balaban J connectivity index is 1.90. The lowest BCUT2D eigenvalue weighted by molar-refractivity contribution is 0.325. The number of ether oxygens (including phenoxy) is 3. The molecule has 0 unspecified atom stereocenters. The number of fused-ring (bicyclic) bond motifs is 1. The summed E-state index contributed by atoms with van der Waals surface area (Å²) in [5.41, 5.74) is 2.84.